The molecule has 1 saturated heterocycles. The van der Waals surface area contributed by atoms with E-state index >= 15 is 0 Å². The number of rotatable bonds is 3. The van der Waals surface area contributed by atoms with Crippen LogP contribution in [0.3, 0.4) is 0 Å². The van der Waals surface area contributed by atoms with Crippen molar-refractivity contribution in [1.82, 2.24) is 9.80 Å². The summed E-state index contributed by atoms with van der Waals surface area (Å²) in [6.45, 7) is 6.24. The lowest BCUT2D eigenvalue weighted by atomic mass is 9.99. The number of aliphatic hydroxyl groups is 1. The van der Waals surface area contributed by atoms with Crippen molar-refractivity contribution in [2.45, 2.75) is 38.3 Å². The molecule has 2 amide bonds. The molecule has 150 valence electrons. The third-order valence-corrected chi connectivity index (χ3v) is 5.50. The molecule has 28 heavy (non-hydrogen) atoms. The first kappa shape index (κ1) is 20.4. The third kappa shape index (κ3) is 5.57. The number of nitrogens with zero attached hydrogens (tertiary/aromatic N) is 2. The number of carbonyl (C=O) groups is 1. The van der Waals surface area contributed by atoms with Crippen LogP contribution in [0.1, 0.15) is 36.0 Å². The van der Waals surface area contributed by atoms with Crippen LogP contribution < -0.4 is 5.73 Å². The van der Waals surface area contributed by atoms with Crippen molar-refractivity contribution in [2.24, 2.45) is 5.73 Å². The van der Waals surface area contributed by atoms with Crippen LogP contribution in [0.15, 0.2) is 54.6 Å². The Morgan fingerprint density at radius 3 is 2.43 bits per heavy atom. The van der Waals surface area contributed by atoms with Crippen LogP contribution in [-0.4, -0.2) is 53.2 Å². The molecule has 0 radical (unpaired) electrons. The molecular weight excluding hydrogens is 350 g/mol. The number of primary amides is 1. The minimum absolute atomic E-state index is 0.222. The first-order valence-corrected chi connectivity index (χ1v) is 10.1. The molecule has 2 atom stereocenters. The number of carbonyl (C=O) groups excluding carboxylic acids is 1. The summed E-state index contributed by atoms with van der Waals surface area (Å²) in [7, 11) is 0. The fourth-order valence-electron chi connectivity index (χ4n) is 4.04. The fraction of sp³-hybridized carbons (Fsp3) is 0.435. The Kier molecular flexibility index (Phi) is 7.06. The number of likely N-dealkylation sites (tertiary alicyclic amines) is 1. The van der Waals surface area contributed by atoms with Crippen molar-refractivity contribution in [3.05, 3.63) is 71.3 Å². The normalized spacial score (nSPS) is 20.1. The summed E-state index contributed by atoms with van der Waals surface area (Å²) in [5.41, 5.74) is 9.41. The van der Waals surface area contributed by atoms with Crippen LogP contribution in [0.4, 0.5) is 4.79 Å². The standard InChI is InChI=1S/C12H17NO.C11H14N2O/c1-10(14)8-13-7-6-11-4-2-3-5-12(11)9-13;12-11(14)13-7-6-10(8-13)9-4-2-1-3-5-9/h2-5,10,14H,6-9H2,1H3;1-5,10H,6-8H2,(H2,12,14). The molecule has 0 aromatic heterocycles. The molecule has 5 heteroatoms. The summed E-state index contributed by atoms with van der Waals surface area (Å²) in [6, 6.07) is 18.6. The van der Waals surface area contributed by atoms with Crippen LogP contribution in [-0.2, 0) is 13.0 Å². The van der Waals surface area contributed by atoms with Crippen molar-refractivity contribution in [3.8, 4) is 0 Å². The third-order valence-electron chi connectivity index (χ3n) is 5.50. The van der Waals surface area contributed by atoms with Crippen molar-refractivity contribution in [3.63, 3.8) is 0 Å². The molecule has 0 spiro atoms. The number of hydrogen-bond acceptors (Lipinski definition) is 3. The first-order chi connectivity index (χ1) is 13.5. The maximum Gasteiger partial charge on any atom is 0.314 e. The minimum Gasteiger partial charge on any atom is -0.392 e. The zero-order valence-corrected chi connectivity index (χ0v) is 16.6. The van der Waals surface area contributed by atoms with Crippen molar-refractivity contribution in [2.75, 3.05) is 26.2 Å². The van der Waals surface area contributed by atoms with Gasteiger partial charge in [0.25, 0.3) is 0 Å². The van der Waals surface area contributed by atoms with Crippen LogP contribution in [0.25, 0.3) is 0 Å². The number of urea groups is 1. The van der Waals surface area contributed by atoms with Gasteiger partial charge in [-0.15, -0.1) is 0 Å². The van der Waals surface area contributed by atoms with Crippen molar-refractivity contribution in [1.29, 1.82) is 0 Å². The van der Waals surface area contributed by atoms with E-state index in [4.69, 9.17) is 5.73 Å². The van der Waals surface area contributed by atoms with Gasteiger partial charge in [-0.25, -0.2) is 4.79 Å². The van der Waals surface area contributed by atoms with Gasteiger partial charge in [-0.1, -0.05) is 54.6 Å². The fourth-order valence-corrected chi connectivity index (χ4v) is 4.04. The summed E-state index contributed by atoms with van der Waals surface area (Å²) in [6.07, 6.45) is 1.91. The van der Waals surface area contributed by atoms with E-state index in [0.29, 0.717) is 5.92 Å². The molecule has 2 aliphatic heterocycles. The van der Waals surface area contributed by atoms with Gasteiger partial charge in [-0.3, -0.25) is 4.90 Å². The quantitative estimate of drug-likeness (QED) is 0.859. The maximum absolute atomic E-state index is 10.9. The largest absolute Gasteiger partial charge is 0.392 e. The van der Waals surface area contributed by atoms with E-state index in [2.05, 4.69) is 41.3 Å². The topological polar surface area (TPSA) is 69.8 Å². The van der Waals surface area contributed by atoms with E-state index in [0.717, 1.165) is 45.6 Å². The van der Waals surface area contributed by atoms with Crippen molar-refractivity contribution < 1.29 is 9.90 Å². The summed E-state index contributed by atoms with van der Waals surface area (Å²) in [4.78, 5) is 14.9. The van der Waals surface area contributed by atoms with Gasteiger partial charge in [0.2, 0.25) is 0 Å². The Morgan fingerprint density at radius 2 is 1.79 bits per heavy atom. The zero-order chi connectivity index (χ0) is 19.9. The van der Waals surface area contributed by atoms with Gasteiger partial charge in [0.05, 0.1) is 6.10 Å². The number of fused-ring (bicyclic) bond motifs is 1. The molecule has 2 aromatic carbocycles. The van der Waals surface area contributed by atoms with Gasteiger partial charge < -0.3 is 15.7 Å². The number of amides is 2. The van der Waals surface area contributed by atoms with Gasteiger partial charge in [-0.05, 0) is 36.5 Å². The van der Waals surface area contributed by atoms with Gasteiger partial charge in [0.1, 0.15) is 0 Å². The number of nitrogens with two attached hydrogens (primary N) is 1. The predicted octanol–water partition coefficient (Wildman–Crippen LogP) is 2.98. The molecule has 0 saturated carbocycles. The minimum atomic E-state index is -0.302. The predicted molar refractivity (Wildman–Crippen MR) is 112 cm³/mol. The molecule has 2 aromatic rings. The molecular formula is C23H31N3O2. The molecule has 1 fully saturated rings. The van der Waals surface area contributed by atoms with Crippen LogP contribution >= 0.6 is 0 Å². The van der Waals surface area contributed by atoms with E-state index in [-0.39, 0.29) is 12.1 Å². The lowest BCUT2D eigenvalue weighted by molar-refractivity contribution is 0.119. The highest BCUT2D eigenvalue weighted by atomic mass is 16.3. The van der Waals surface area contributed by atoms with E-state index in [1.54, 1.807) is 4.90 Å². The lowest BCUT2D eigenvalue weighted by Gasteiger charge is -2.29. The number of β-amino-alcohol motifs (C(OH)–C–C–N with tert-alkyl or cyclic N) is 1. The van der Waals surface area contributed by atoms with Crippen LogP contribution in [0, 0.1) is 0 Å². The van der Waals surface area contributed by atoms with Gasteiger partial charge in [-0.2, -0.15) is 0 Å². The van der Waals surface area contributed by atoms with Crippen LogP contribution in [0.5, 0.6) is 0 Å². The van der Waals surface area contributed by atoms with Crippen LogP contribution in [0.2, 0.25) is 0 Å². The second-order valence-corrected chi connectivity index (χ2v) is 7.78. The Labute approximate surface area is 167 Å². The molecule has 2 heterocycles. The van der Waals surface area contributed by atoms with Gasteiger partial charge in [0.15, 0.2) is 0 Å². The van der Waals surface area contributed by atoms with Gasteiger partial charge >= 0.3 is 6.03 Å². The second kappa shape index (κ2) is 9.71. The Bertz CT molecular complexity index is 763. The SMILES string of the molecule is CC(O)CN1CCc2ccccc2C1.NC(=O)N1CCC(c2ccccc2)C1. The lowest BCUT2D eigenvalue weighted by Crippen LogP contribution is -2.35. The summed E-state index contributed by atoms with van der Waals surface area (Å²) >= 11 is 0. The van der Waals surface area contributed by atoms with E-state index in [9.17, 15) is 9.90 Å². The first-order valence-electron chi connectivity index (χ1n) is 10.1. The second-order valence-electron chi connectivity index (χ2n) is 7.78. The van der Waals surface area contributed by atoms with E-state index in [1.807, 2.05) is 25.1 Å². The summed E-state index contributed by atoms with van der Waals surface area (Å²) in [5, 5.41) is 9.31. The average molecular weight is 382 g/mol. The molecule has 3 N–H and O–H groups in total. The number of hydrogen-bond donors (Lipinski definition) is 2. The molecule has 2 unspecified atom stereocenters. The number of benzene rings is 2. The molecule has 0 aliphatic carbocycles. The molecule has 4 rings (SSSR count). The molecule has 0 bridgehead atoms. The average Bonchev–Trinajstić information content (AvgIpc) is 3.19. The molecule has 5 nitrogen and oxygen atoms in total. The zero-order valence-electron chi connectivity index (χ0n) is 16.6. The summed E-state index contributed by atoms with van der Waals surface area (Å²) in [5.74, 6) is 0.462. The Hall–Kier alpha value is -2.37. The Morgan fingerprint density at radius 1 is 1.11 bits per heavy atom. The van der Waals surface area contributed by atoms with E-state index < -0.39 is 0 Å². The highest BCUT2D eigenvalue weighted by Gasteiger charge is 2.25. The maximum atomic E-state index is 10.9. The number of aliphatic hydroxyl groups excluding tert-OH is 1. The smallest absolute Gasteiger partial charge is 0.314 e. The van der Waals surface area contributed by atoms with E-state index in [1.165, 1.54) is 16.7 Å². The highest BCUT2D eigenvalue weighted by molar-refractivity contribution is 5.72. The van der Waals surface area contributed by atoms with Gasteiger partial charge in [0, 0.05) is 38.6 Å². The Balaban J connectivity index is 0.000000161. The summed E-state index contributed by atoms with van der Waals surface area (Å²) < 4.78 is 0. The van der Waals surface area contributed by atoms with Crippen molar-refractivity contribution >= 4 is 6.03 Å². The highest BCUT2D eigenvalue weighted by Crippen LogP contribution is 2.26. The molecule has 2 aliphatic rings. The monoisotopic (exact) mass is 381 g/mol.